The van der Waals surface area contributed by atoms with Crippen LogP contribution in [-0.4, -0.2) is 57.2 Å². The van der Waals surface area contributed by atoms with Crippen LogP contribution in [0.5, 0.6) is 0 Å². The first kappa shape index (κ1) is 33.8. The van der Waals surface area contributed by atoms with Crippen molar-refractivity contribution in [1.82, 2.24) is 20.9 Å². The molecule has 3 aromatic rings. The van der Waals surface area contributed by atoms with Crippen LogP contribution in [-0.2, 0) is 14.3 Å². The molecule has 1 amide bonds. The topological polar surface area (TPSA) is 171 Å². The summed E-state index contributed by atoms with van der Waals surface area (Å²) in [5, 5.41) is 16.1. The number of halogens is 3. The fourth-order valence-electron chi connectivity index (χ4n) is 3.77. The SMILES string of the molecule is N=C(N)NCCC[C@H](N)C(=O)OCN(C(=S)NC(NC(=O)/C=C/c1ccccc1)C(Cl)(Cl)Cl)c1cccc2cccnc12. The van der Waals surface area contributed by atoms with E-state index in [4.69, 9.17) is 68.6 Å². The summed E-state index contributed by atoms with van der Waals surface area (Å²) in [5.74, 6) is -1.40. The van der Waals surface area contributed by atoms with E-state index in [1.807, 2.05) is 42.5 Å². The van der Waals surface area contributed by atoms with Gasteiger partial charge in [0.2, 0.25) is 9.70 Å². The highest BCUT2D eigenvalue weighted by molar-refractivity contribution is 7.80. The van der Waals surface area contributed by atoms with Gasteiger partial charge in [-0.1, -0.05) is 83.3 Å². The summed E-state index contributed by atoms with van der Waals surface area (Å²) in [6.45, 7) is 0.0109. The number of hydrogen-bond donors (Lipinski definition) is 6. The molecule has 0 spiro atoms. The molecule has 43 heavy (non-hydrogen) atoms. The number of alkyl halides is 3. The van der Waals surface area contributed by atoms with Gasteiger partial charge < -0.3 is 32.2 Å². The van der Waals surface area contributed by atoms with Crippen molar-refractivity contribution in [3.63, 3.8) is 0 Å². The van der Waals surface area contributed by atoms with E-state index in [0.29, 0.717) is 24.2 Å². The van der Waals surface area contributed by atoms with Crippen LogP contribution in [0.2, 0.25) is 0 Å². The number of guanidine groups is 1. The smallest absolute Gasteiger partial charge is 0.324 e. The maximum absolute atomic E-state index is 12.7. The van der Waals surface area contributed by atoms with Crippen molar-refractivity contribution < 1.29 is 14.3 Å². The molecule has 0 radical (unpaired) electrons. The van der Waals surface area contributed by atoms with Crippen molar-refractivity contribution in [2.24, 2.45) is 11.5 Å². The average molecular weight is 666 g/mol. The second-order valence-electron chi connectivity index (χ2n) is 9.14. The predicted octanol–water partition coefficient (Wildman–Crippen LogP) is 3.53. The van der Waals surface area contributed by atoms with E-state index in [9.17, 15) is 9.59 Å². The van der Waals surface area contributed by atoms with E-state index in [1.165, 1.54) is 11.0 Å². The summed E-state index contributed by atoms with van der Waals surface area (Å²) in [6, 6.07) is 17.3. The number of anilines is 1. The zero-order valence-electron chi connectivity index (χ0n) is 22.8. The van der Waals surface area contributed by atoms with E-state index in [-0.39, 0.29) is 24.2 Å². The molecular formula is C28H31Cl3N8O3S. The number of nitrogens with zero attached hydrogens (tertiary/aromatic N) is 2. The van der Waals surface area contributed by atoms with Gasteiger partial charge in [0, 0.05) is 24.2 Å². The highest BCUT2D eigenvalue weighted by Crippen LogP contribution is 2.30. The molecule has 0 fully saturated rings. The Morgan fingerprint density at radius 1 is 1.09 bits per heavy atom. The number of nitrogens with two attached hydrogens (primary N) is 2. The molecule has 0 aliphatic carbocycles. The van der Waals surface area contributed by atoms with E-state index >= 15 is 0 Å². The number of hydrogen-bond acceptors (Lipinski definition) is 7. The maximum atomic E-state index is 12.7. The first-order valence-electron chi connectivity index (χ1n) is 13.0. The summed E-state index contributed by atoms with van der Waals surface area (Å²) in [7, 11) is 0. The minimum Gasteiger partial charge on any atom is -0.443 e. The standard InChI is InChI=1S/C28H31Cl3N8O3S/c29-28(30,31)25(37-22(40)14-13-18-7-2-1-3-8-18)38-27(43)39(21-12-4-9-19-10-5-15-35-23(19)21)17-42-24(41)20(32)11-6-16-36-26(33)34/h1-5,7-10,12-15,20,25H,6,11,16-17,32H2,(H,37,40)(H,38,43)(H4,33,34,36)/b14-13+/t20-,25?/m0/s1. The number of rotatable bonds is 12. The molecule has 11 nitrogen and oxygen atoms in total. The van der Waals surface area contributed by atoms with Crippen LogP contribution in [0.15, 0.2) is 72.9 Å². The number of carbonyl (C=O) groups excluding carboxylic acids is 2. The lowest BCUT2D eigenvalue weighted by Gasteiger charge is -2.32. The molecular weight excluding hydrogens is 635 g/mol. The van der Waals surface area contributed by atoms with E-state index in [2.05, 4.69) is 20.9 Å². The Balaban J connectivity index is 1.79. The highest BCUT2D eigenvalue weighted by Gasteiger charge is 2.35. The summed E-state index contributed by atoms with van der Waals surface area (Å²) in [4.78, 5) is 31.4. The Morgan fingerprint density at radius 2 is 1.81 bits per heavy atom. The number of thiocarbonyl (C=S) groups is 1. The number of benzene rings is 2. The van der Waals surface area contributed by atoms with Gasteiger partial charge in [0.1, 0.15) is 12.2 Å². The number of amides is 1. The zero-order valence-corrected chi connectivity index (χ0v) is 25.9. The van der Waals surface area contributed by atoms with Gasteiger partial charge in [0.15, 0.2) is 17.8 Å². The molecule has 0 saturated carbocycles. The first-order valence-corrected chi connectivity index (χ1v) is 14.5. The zero-order chi connectivity index (χ0) is 31.4. The Morgan fingerprint density at radius 3 is 2.51 bits per heavy atom. The maximum Gasteiger partial charge on any atom is 0.324 e. The van der Waals surface area contributed by atoms with Gasteiger partial charge in [-0.25, -0.2) is 0 Å². The minimum absolute atomic E-state index is 0.0335. The monoisotopic (exact) mass is 664 g/mol. The summed E-state index contributed by atoms with van der Waals surface area (Å²) in [5.41, 5.74) is 13.1. The number of pyridine rings is 1. The van der Waals surface area contributed by atoms with Crippen molar-refractivity contribution >= 4 is 92.6 Å². The quantitative estimate of drug-likeness (QED) is 0.0246. The van der Waals surface area contributed by atoms with Gasteiger partial charge in [-0.2, -0.15) is 0 Å². The summed E-state index contributed by atoms with van der Waals surface area (Å²) < 4.78 is 3.49. The Hall–Kier alpha value is -3.68. The summed E-state index contributed by atoms with van der Waals surface area (Å²) >= 11 is 24.3. The average Bonchev–Trinajstić information content (AvgIpc) is 2.97. The minimum atomic E-state index is -2.03. The molecule has 1 heterocycles. The van der Waals surface area contributed by atoms with Gasteiger partial charge in [0.25, 0.3) is 0 Å². The van der Waals surface area contributed by atoms with E-state index in [1.54, 1.807) is 30.5 Å². The van der Waals surface area contributed by atoms with Crippen molar-refractivity contribution in [2.45, 2.75) is 28.8 Å². The van der Waals surface area contributed by atoms with Crippen LogP contribution in [0.25, 0.3) is 17.0 Å². The van der Waals surface area contributed by atoms with Crippen molar-refractivity contribution in [3.05, 3.63) is 78.5 Å². The van der Waals surface area contributed by atoms with Crippen LogP contribution in [0.3, 0.4) is 0 Å². The van der Waals surface area contributed by atoms with Gasteiger partial charge >= 0.3 is 5.97 Å². The molecule has 2 atom stereocenters. The van der Waals surface area contributed by atoms with Crippen molar-refractivity contribution in [2.75, 3.05) is 18.2 Å². The van der Waals surface area contributed by atoms with E-state index in [0.717, 1.165) is 10.9 Å². The van der Waals surface area contributed by atoms with Gasteiger partial charge in [-0.15, -0.1) is 0 Å². The lowest BCUT2D eigenvalue weighted by molar-refractivity contribution is -0.145. The lowest BCUT2D eigenvalue weighted by atomic mass is 10.1. The second-order valence-corrected chi connectivity index (χ2v) is 11.9. The third-order valence-electron chi connectivity index (χ3n) is 5.90. The van der Waals surface area contributed by atoms with Crippen molar-refractivity contribution in [3.8, 4) is 0 Å². The number of esters is 1. The molecule has 8 N–H and O–H groups in total. The number of para-hydroxylation sites is 1. The number of ether oxygens (including phenoxy) is 1. The van der Waals surface area contributed by atoms with Crippen LogP contribution >= 0.6 is 47.0 Å². The Kier molecular flexibility index (Phi) is 12.8. The molecule has 15 heteroatoms. The molecule has 0 aliphatic rings. The van der Waals surface area contributed by atoms with Crippen LogP contribution < -0.4 is 32.3 Å². The van der Waals surface area contributed by atoms with Crippen molar-refractivity contribution in [1.29, 1.82) is 5.41 Å². The van der Waals surface area contributed by atoms with Crippen LogP contribution in [0.4, 0.5) is 5.69 Å². The van der Waals surface area contributed by atoms with Gasteiger partial charge in [0.05, 0.1) is 11.2 Å². The molecule has 1 aromatic heterocycles. The van der Waals surface area contributed by atoms with Crippen LogP contribution in [0, 0.1) is 5.41 Å². The Bertz CT molecular complexity index is 1450. The molecule has 0 bridgehead atoms. The first-order chi connectivity index (χ1) is 20.5. The normalized spacial score (nSPS) is 12.7. The molecule has 2 aromatic carbocycles. The number of carbonyl (C=O) groups is 2. The third-order valence-corrected chi connectivity index (χ3v) is 6.89. The molecule has 228 valence electrons. The number of nitrogens with one attached hydrogen (secondary N) is 4. The molecule has 0 saturated heterocycles. The third kappa shape index (κ3) is 10.8. The largest absolute Gasteiger partial charge is 0.443 e. The lowest BCUT2D eigenvalue weighted by Crippen LogP contribution is -2.58. The van der Waals surface area contributed by atoms with E-state index < -0.39 is 27.9 Å². The van der Waals surface area contributed by atoms with Crippen LogP contribution in [0.1, 0.15) is 18.4 Å². The Labute approximate surface area is 269 Å². The second kappa shape index (κ2) is 16.2. The number of fused-ring (bicyclic) bond motifs is 1. The number of aromatic nitrogens is 1. The summed E-state index contributed by atoms with van der Waals surface area (Å²) in [6.07, 6.45) is 4.00. The predicted molar refractivity (Wildman–Crippen MR) is 176 cm³/mol. The highest BCUT2D eigenvalue weighted by atomic mass is 35.6. The molecule has 1 unspecified atom stereocenters. The fraction of sp³-hybridized carbons (Fsp3) is 0.250. The fourth-order valence-corrected chi connectivity index (χ4v) is 4.37. The van der Waals surface area contributed by atoms with Gasteiger partial charge in [-0.3, -0.25) is 24.9 Å². The molecule has 0 aliphatic heterocycles. The van der Waals surface area contributed by atoms with Gasteiger partial charge in [-0.05, 0) is 48.8 Å². The molecule has 3 rings (SSSR count).